The van der Waals surface area contributed by atoms with Crippen molar-refractivity contribution >= 4 is 12.6 Å². The molecule has 0 amide bonds. The van der Waals surface area contributed by atoms with Gasteiger partial charge < -0.3 is 10.2 Å². The van der Waals surface area contributed by atoms with Crippen LogP contribution in [0, 0.1) is 5.41 Å². The molecule has 78 valence electrons. The van der Waals surface area contributed by atoms with E-state index in [9.17, 15) is 0 Å². The number of nitrogens with zero attached hydrogens (tertiary/aromatic N) is 1. The first-order chi connectivity index (χ1) is 6.74. The summed E-state index contributed by atoms with van der Waals surface area (Å²) in [7, 11) is 3.36. The first kappa shape index (κ1) is 12.4. The van der Waals surface area contributed by atoms with Crippen LogP contribution in [0.15, 0.2) is 28.6 Å². The fourth-order valence-electron chi connectivity index (χ4n) is 0.785. The zero-order chi connectivity index (χ0) is 10.8. The van der Waals surface area contributed by atoms with E-state index in [1.54, 1.807) is 39.4 Å². The maximum absolute atomic E-state index is 6.91. The van der Waals surface area contributed by atoms with Crippen LogP contribution in [0.5, 0.6) is 0 Å². The maximum atomic E-state index is 6.91. The third-order valence-electron chi connectivity index (χ3n) is 1.26. The van der Waals surface area contributed by atoms with Crippen molar-refractivity contribution in [1.82, 2.24) is 10.8 Å². The molecule has 0 aliphatic carbocycles. The number of nitrogens with one attached hydrogen (secondary N) is 3. The highest BCUT2D eigenvalue weighted by molar-refractivity contribution is 5.74. The van der Waals surface area contributed by atoms with Crippen molar-refractivity contribution in [3.05, 3.63) is 23.6 Å². The standard InChI is InChI=1S/C9H16N4O/c1-8(14-12-3)6-9(13-7-10)4-5-11-2/h4-7,12H,1-3H3,(H2,10,13)/b8-6+,9-4?,11-5?. The summed E-state index contributed by atoms with van der Waals surface area (Å²) in [6.45, 7) is 1.80. The average molecular weight is 196 g/mol. The van der Waals surface area contributed by atoms with E-state index >= 15 is 0 Å². The van der Waals surface area contributed by atoms with E-state index in [1.165, 1.54) is 0 Å². The second-order valence-corrected chi connectivity index (χ2v) is 2.38. The molecule has 0 aromatic rings. The lowest BCUT2D eigenvalue weighted by Crippen LogP contribution is -2.10. The Bertz CT molecular complexity index is 256. The Kier molecular flexibility index (Phi) is 7.07. The van der Waals surface area contributed by atoms with Crippen molar-refractivity contribution in [2.45, 2.75) is 6.92 Å². The van der Waals surface area contributed by atoms with E-state index in [0.717, 1.165) is 12.0 Å². The Morgan fingerprint density at radius 2 is 2.21 bits per heavy atom. The van der Waals surface area contributed by atoms with Crippen molar-refractivity contribution < 1.29 is 4.84 Å². The summed E-state index contributed by atoms with van der Waals surface area (Å²) in [6, 6.07) is 0. The summed E-state index contributed by atoms with van der Waals surface area (Å²) >= 11 is 0. The van der Waals surface area contributed by atoms with Gasteiger partial charge in [0.05, 0.1) is 6.34 Å². The van der Waals surface area contributed by atoms with Gasteiger partial charge in [0, 0.05) is 32.1 Å². The van der Waals surface area contributed by atoms with Crippen LogP contribution in [-0.2, 0) is 4.84 Å². The second-order valence-electron chi connectivity index (χ2n) is 2.38. The van der Waals surface area contributed by atoms with Gasteiger partial charge in [-0.15, -0.1) is 0 Å². The van der Waals surface area contributed by atoms with Crippen LogP contribution >= 0.6 is 0 Å². The van der Waals surface area contributed by atoms with Gasteiger partial charge in [0.1, 0.15) is 5.76 Å². The normalized spacial score (nSPS) is 13.1. The van der Waals surface area contributed by atoms with Crippen LogP contribution < -0.4 is 10.8 Å². The van der Waals surface area contributed by atoms with Crippen LogP contribution in [0.4, 0.5) is 0 Å². The molecule has 0 unspecified atom stereocenters. The van der Waals surface area contributed by atoms with Gasteiger partial charge in [0.15, 0.2) is 0 Å². The molecule has 0 aliphatic rings. The molecule has 0 radical (unpaired) electrons. The average Bonchev–Trinajstić information content (AvgIpc) is 2.15. The molecule has 0 spiro atoms. The summed E-state index contributed by atoms with van der Waals surface area (Å²) < 4.78 is 0. The van der Waals surface area contributed by atoms with Crippen molar-refractivity contribution in [3.8, 4) is 0 Å². The van der Waals surface area contributed by atoms with Gasteiger partial charge in [-0.25, -0.2) is 0 Å². The molecule has 0 aromatic heterocycles. The SMILES string of the molecule is CN=CC=C(/C=C(\C)ONC)NC=N. The molecule has 0 saturated carbocycles. The van der Waals surface area contributed by atoms with Crippen molar-refractivity contribution in [3.63, 3.8) is 0 Å². The molecule has 0 saturated heterocycles. The Morgan fingerprint density at radius 3 is 2.71 bits per heavy atom. The van der Waals surface area contributed by atoms with Crippen LogP contribution in [0.1, 0.15) is 6.92 Å². The number of allylic oxidation sites excluding steroid dienone is 3. The topological polar surface area (TPSA) is 69.5 Å². The van der Waals surface area contributed by atoms with Gasteiger partial charge in [-0.3, -0.25) is 10.4 Å². The van der Waals surface area contributed by atoms with Crippen molar-refractivity contribution in [2.75, 3.05) is 14.1 Å². The minimum absolute atomic E-state index is 0.692. The number of rotatable bonds is 6. The molecule has 0 atom stereocenters. The predicted octanol–water partition coefficient (Wildman–Crippen LogP) is 0.822. The predicted molar refractivity (Wildman–Crippen MR) is 58.3 cm³/mol. The van der Waals surface area contributed by atoms with Gasteiger partial charge in [-0.1, -0.05) is 0 Å². The third kappa shape index (κ3) is 5.96. The van der Waals surface area contributed by atoms with Crippen LogP contribution in [0.2, 0.25) is 0 Å². The van der Waals surface area contributed by atoms with Crippen LogP contribution in [-0.4, -0.2) is 26.6 Å². The minimum Gasteiger partial charge on any atom is -0.414 e. The van der Waals surface area contributed by atoms with Gasteiger partial charge in [0.2, 0.25) is 0 Å². The summed E-state index contributed by atoms with van der Waals surface area (Å²) in [6.07, 6.45) is 6.23. The molecule has 3 N–H and O–H groups in total. The molecule has 0 fully saturated rings. The molecule has 5 nitrogen and oxygen atoms in total. The third-order valence-corrected chi connectivity index (χ3v) is 1.26. The molecule has 5 heteroatoms. The van der Waals surface area contributed by atoms with Crippen molar-refractivity contribution in [2.24, 2.45) is 4.99 Å². The molecule has 0 rings (SSSR count). The number of aliphatic imine (C=N–C) groups is 1. The van der Waals surface area contributed by atoms with Crippen LogP contribution in [0.25, 0.3) is 0 Å². The van der Waals surface area contributed by atoms with Gasteiger partial charge in [-0.05, 0) is 13.0 Å². The summed E-state index contributed by atoms with van der Waals surface area (Å²) in [5.41, 5.74) is 3.29. The lowest BCUT2D eigenvalue weighted by Gasteiger charge is -2.04. The first-order valence-corrected chi connectivity index (χ1v) is 4.14. The largest absolute Gasteiger partial charge is 0.414 e. The Morgan fingerprint density at radius 1 is 1.50 bits per heavy atom. The van der Waals surface area contributed by atoms with Gasteiger partial charge in [-0.2, -0.15) is 5.48 Å². The Hall–Kier alpha value is -1.62. The summed E-state index contributed by atoms with van der Waals surface area (Å²) in [4.78, 5) is 8.82. The maximum Gasteiger partial charge on any atom is 0.123 e. The monoisotopic (exact) mass is 196 g/mol. The Labute approximate surface area is 84.0 Å². The lowest BCUT2D eigenvalue weighted by atomic mass is 10.3. The van der Waals surface area contributed by atoms with Gasteiger partial charge in [0.25, 0.3) is 0 Å². The first-order valence-electron chi connectivity index (χ1n) is 4.14. The minimum atomic E-state index is 0.692. The molecule has 0 heterocycles. The highest BCUT2D eigenvalue weighted by Gasteiger charge is 1.92. The van der Waals surface area contributed by atoms with Crippen LogP contribution in [0.3, 0.4) is 0 Å². The zero-order valence-corrected chi connectivity index (χ0v) is 8.66. The Balaban J connectivity index is 4.49. The van der Waals surface area contributed by atoms with Crippen molar-refractivity contribution in [1.29, 1.82) is 5.41 Å². The highest BCUT2D eigenvalue weighted by atomic mass is 16.6. The molecule has 0 aromatic carbocycles. The summed E-state index contributed by atoms with van der Waals surface area (Å²) in [5, 5.41) is 9.64. The van der Waals surface area contributed by atoms with E-state index in [-0.39, 0.29) is 0 Å². The van der Waals surface area contributed by atoms with Gasteiger partial charge >= 0.3 is 0 Å². The molecular weight excluding hydrogens is 180 g/mol. The van der Waals surface area contributed by atoms with E-state index in [2.05, 4.69) is 15.8 Å². The number of hydrogen-bond acceptors (Lipinski definition) is 4. The fraction of sp³-hybridized carbons (Fsp3) is 0.333. The lowest BCUT2D eigenvalue weighted by molar-refractivity contribution is 0.128. The van der Waals surface area contributed by atoms with E-state index in [4.69, 9.17) is 10.2 Å². The smallest absolute Gasteiger partial charge is 0.123 e. The highest BCUT2D eigenvalue weighted by Crippen LogP contribution is 1.98. The number of hydrogen-bond donors (Lipinski definition) is 3. The second kappa shape index (κ2) is 8.00. The number of hydroxylamine groups is 1. The molecule has 0 bridgehead atoms. The van der Waals surface area contributed by atoms with E-state index in [1.807, 2.05) is 0 Å². The fourth-order valence-corrected chi connectivity index (χ4v) is 0.785. The molecular formula is C9H16N4O. The van der Waals surface area contributed by atoms with E-state index < -0.39 is 0 Å². The summed E-state index contributed by atoms with van der Waals surface area (Å²) in [5.74, 6) is 0.692. The molecule has 0 aliphatic heterocycles. The van der Waals surface area contributed by atoms with E-state index in [0.29, 0.717) is 5.76 Å². The zero-order valence-electron chi connectivity index (χ0n) is 8.66. The molecule has 14 heavy (non-hydrogen) atoms. The quantitative estimate of drug-likeness (QED) is 0.194.